The monoisotopic (exact) mass is 332 g/mol. The van der Waals surface area contributed by atoms with Crippen molar-refractivity contribution in [1.29, 1.82) is 0 Å². The number of carbonyl (C=O) groups is 1. The number of aryl methyl sites for hydroxylation is 2. The molecule has 0 aliphatic heterocycles. The maximum Gasteiger partial charge on any atom is 0.337 e. The van der Waals surface area contributed by atoms with Gasteiger partial charge in [-0.3, -0.25) is 4.99 Å². The zero-order valence-electron chi connectivity index (χ0n) is 14.6. The van der Waals surface area contributed by atoms with Crippen molar-refractivity contribution in [3.8, 4) is 5.69 Å². The molecule has 4 nitrogen and oxygen atoms in total. The van der Waals surface area contributed by atoms with Crippen LogP contribution in [0.4, 0.5) is 5.69 Å². The molecule has 0 unspecified atom stereocenters. The van der Waals surface area contributed by atoms with Crippen LogP contribution >= 0.6 is 0 Å². The van der Waals surface area contributed by atoms with Gasteiger partial charge in [0.2, 0.25) is 0 Å². The zero-order chi connectivity index (χ0) is 17.8. The highest BCUT2D eigenvalue weighted by atomic mass is 16.5. The molecule has 2 aromatic carbocycles. The molecule has 0 saturated carbocycles. The average Bonchev–Trinajstić information content (AvgIpc) is 3.01. The van der Waals surface area contributed by atoms with E-state index < -0.39 is 0 Å². The Bertz CT molecular complexity index is 924. The summed E-state index contributed by atoms with van der Waals surface area (Å²) in [6, 6.07) is 17.6. The fourth-order valence-corrected chi connectivity index (χ4v) is 2.73. The Morgan fingerprint density at radius 3 is 2.52 bits per heavy atom. The number of benzene rings is 2. The molecule has 4 heteroatoms. The van der Waals surface area contributed by atoms with Gasteiger partial charge in [0.1, 0.15) is 0 Å². The first-order valence-corrected chi connectivity index (χ1v) is 8.06. The fourth-order valence-electron chi connectivity index (χ4n) is 2.73. The van der Waals surface area contributed by atoms with Gasteiger partial charge in [0.05, 0.1) is 18.4 Å². The summed E-state index contributed by atoms with van der Waals surface area (Å²) in [5.74, 6) is -0.339. The Morgan fingerprint density at radius 1 is 1.08 bits per heavy atom. The molecule has 0 radical (unpaired) electrons. The van der Waals surface area contributed by atoms with E-state index in [9.17, 15) is 4.79 Å². The van der Waals surface area contributed by atoms with Gasteiger partial charge >= 0.3 is 5.97 Å². The minimum absolute atomic E-state index is 0.339. The first-order valence-electron chi connectivity index (χ1n) is 8.06. The number of nitrogens with zero attached hydrogens (tertiary/aromatic N) is 2. The van der Waals surface area contributed by atoms with Crippen molar-refractivity contribution in [3.63, 3.8) is 0 Å². The molecule has 25 heavy (non-hydrogen) atoms. The summed E-state index contributed by atoms with van der Waals surface area (Å²) in [7, 11) is 1.38. The fraction of sp³-hybridized carbons (Fsp3) is 0.143. The summed E-state index contributed by atoms with van der Waals surface area (Å²) in [6.45, 7) is 4.00. The van der Waals surface area contributed by atoms with E-state index in [1.165, 1.54) is 7.11 Å². The molecule has 0 N–H and O–H groups in total. The molecule has 0 aliphatic carbocycles. The lowest BCUT2D eigenvalue weighted by Crippen LogP contribution is -2.00. The molecule has 0 aliphatic rings. The number of esters is 1. The molecule has 0 fully saturated rings. The molecule has 0 bridgehead atoms. The van der Waals surface area contributed by atoms with Crippen LogP contribution in [-0.2, 0) is 4.74 Å². The third kappa shape index (κ3) is 3.69. The van der Waals surface area contributed by atoms with Crippen LogP contribution in [0.1, 0.15) is 27.2 Å². The third-order valence-electron chi connectivity index (χ3n) is 4.04. The van der Waals surface area contributed by atoms with Crippen LogP contribution in [0.3, 0.4) is 0 Å². The molecule has 126 valence electrons. The molecule has 0 spiro atoms. The van der Waals surface area contributed by atoms with E-state index in [2.05, 4.69) is 40.9 Å². The van der Waals surface area contributed by atoms with Crippen LogP contribution in [0.15, 0.2) is 65.8 Å². The SMILES string of the molecule is COC(=O)c1ccc(N=Cc2cc(C)n(-c3ccccc3)c2)c(C)c1. The maximum atomic E-state index is 11.6. The van der Waals surface area contributed by atoms with Crippen molar-refractivity contribution in [2.75, 3.05) is 7.11 Å². The Hall–Kier alpha value is -3.14. The summed E-state index contributed by atoms with van der Waals surface area (Å²) < 4.78 is 6.87. The summed E-state index contributed by atoms with van der Waals surface area (Å²) in [5, 5.41) is 0. The van der Waals surface area contributed by atoms with Gasteiger partial charge in [-0.05, 0) is 55.8 Å². The van der Waals surface area contributed by atoms with Crippen molar-refractivity contribution in [1.82, 2.24) is 4.57 Å². The highest BCUT2D eigenvalue weighted by Gasteiger charge is 2.07. The number of methoxy groups -OCH3 is 1. The third-order valence-corrected chi connectivity index (χ3v) is 4.04. The van der Waals surface area contributed by atoms with Crippen molar-refractivity contribution >= 4 is 17.9 Å². The van der Waals surface area contributed by atoms with Crippen LogP contribution in [0.2, 0.25) is 0 Å². The molecular weight excluding hydrogens is 312 g/mol. The minimum Gasteiger partial charge on any atom is -0.465 e. The van der Waals surface area contributed by atoms with Gasteiger partial charge in [-0.25, -0.2) is 4.79 Å². The smallest absolute Gasteiger partial charge is 0.337 e. The normalized spacial score (nSPS) is 11.0. The highest BCUT2D eigenvalue weighted by Crippen LogP contribution is 2.21. The number of para-hydroxylation sites is 1. The van der Waals surface area contributed by atoms with Crippen LogP contribution in [0, 0.1) is 13.8 Å². The van der Waals surface area contributed by atoms with Crippen LogP contribution < -0.4 is 0 Å². The second kappa shape index (κ2) is 7.18. The summed E-state index contributed by atoms with van der Waals surface area (Å²) in [6.07, 6.45) is 3.90. The number of carbonyl (C=O) groups excluding carboxylic acids is 1. The van der Waals surface area contributed by atoms with Crippen LogP contribution in [0.25, 0.3) is 5.69 Å². The topological polar surface area (TPSA) is 43.6 Å². The lowest BCUT2D eigenvalue weighted by Gasteiger charge is -2.04. The average molecular weight is 332 g/mol. The predicted molar refractivity (Wildman–Crippen MR) is 100 cm³/mol. The van der Waals surface area contributed by atoms with Gasteiger partial charge in [-0.2, -0.15) is 0 Å². The molecular formula is C21H20N2O2. The zero-order valence-corrected chi connectivity index (χ0v) is 14.6. The quantitative estimate of drug-likeness (QED) is 0.516. The Kier molecular flexibility index (Phi) is 4.80. The van der Waals surface area contributed by atoms with E-state index in [0.717, 1.165) is 28.2 Å². The van der Waals surface area contributed by atoms with E-state index >= 15 is 0 Å². The van der Waals surface area contributed by atoms with E-state index in [-0.39, 0.29) is 5.97 Å². The van der Waals surface area contributed by atoms with E-state index in [1.807, 2.05) is 37.4 Å². The molecule has 1 aromatic heterocycles. The number of hydrogen-bond donors (Lipinski definition) is 0. The minimum atomic E-state index is -0.339. The lowest BCUT2D eigenvalue weighted by atomic mass is 10.1. The predicted octanol–water partition coefficient (Wildman–Crippen LogP) is 4.63. The van der Waals surface area contributed by atoms with E-state index in [4.69, 9.17) is 4.74 Å². The molecule has 1 heterocycles. The van der Waals surface area contributed by atoms with Crippen molar-refractivity contribution in [2.24, 2.45) is 4.99 Å². The van der Waals surface area contributed by atoms with Crippen molar-refractivity contribution in [3.05, 3.63) is 83.2 Å². The second-order valence-corrected chi connectivity index (χ2v) is 5.87. The number of rotatable bonds is 4. The number of hydrogen-bond acceptors (Lipinski definition) is 3. The number of aliphatic imine (C=N–C) groups is 1. The molecule has 3 aromatic rings. The molecule has 3 rings (SSSR count). The molecule has 0 amide bonds. The van der Waals surface area contributed by atoms with E-state index in [0.29, 0.717) is 5.56 Å². The molecule has 0 saturated heterocycles. The summed E-state index contributed by atoms with van der Waals surface area (Å²) in [4.78, 5) is 16.1. The van der Waals surface area contributed by atoms with Gasteiger partial charge in [-0.15, -0.1) is 0 Å². The van der Waals surface area contributed by atoms with Crippen LogP contribution in [-0.4, -0.2) is 23.9 Å². The summed E-state index contributed by atoms with van der Waals surface area (Å²) in [5.41, 5.74) is 5.59. The van der Waals surface area contributed by atoms with Gasteiger partial charge in [0.25, 0.3) is 0 Å². The highest BCUT2D eigenvalue weighted by molar-refractivity contribution is 5.90. The first-order chi connectivity index (χ1) is 12.1. The summed E-state index contributed by atoms with van der Waals surface area (Å²) >= 11 is 0. The van der Waals surface area contributed by atoms with E-state index in [1.54, 1.807) is 12.1 Å². The van der Waals surface area contributed by atoms with Gasteiger partial charge in [-0.1, -0.05) is 18.2 Å². The Morgan fingerprint density at radius 2 is 1.84 bits per heavy atom. The number of ether oxygens (including phenoxy) is 1. The van der Waals surface area contributed by atoms with Crippen molar-refractivity contribution in [2.45, 2.75) is 13.8 Å². The second-order valence-electron chi connectivity index (χ2n) is 5.87. The largest absolute Gasteiger partial charge is 0.465 e. The first kappa shape index (κ1) is 16.7. The Balaban J connectivity index is 1.85. The van der Waals surface area contributed by atoms with Crippen molar-refractivity contribution < 1.29 is 9.53 Å². The lowest BCUT2D eigenvalue weighted by molar-refractivity contribution is 0.0600. The Labute approximate surface area is 147 Å². The van der Waals surface area contributed by atoms with Gasteiger partial charge < -0.3 is 9.30 Å². The van der Waals surface area contributed by atoms with Gasteiger partial charge in [0, 0.05) is 29.4 Å². The standard InChI is InChI=1S/C21H20N2O2/c1-15-11-18(21(24)25-3)9-10-20(15)22-13-17-12-16(2)23(14-17)19-7-5-4-6-8-19/h4-14H,1-3H3. The maximum absolute atomic E-state index is 11.6. The van der Waals surface area contributed by atoms with Gasteiger partial charge in [0.15, 0.2) is 0 Å². The number of aromatic nitrogens is 1. The van der Waals surface area contributed by atoms with Crippen LogP contribution in [0.5, 0.6) is 0 Å². The molecule has 0 atom stereocenters.